The molecule has 1 aliphatic carbocycles. The van der Waals surface area contributed by atoms with Crippen molar-refractivity contribution in [1.82, 2.24) is 5.32 Å². The van der Waals surface area contributed by atoms with Crippen molar-refractivity contribution in [3.8, 4) is 11.1 Å². The maximum atomic E-state index is 12.3. The maximum absolute atomic E-state index is 12.3. The fraction of sp³-hybridized carbons (Fsp3) is 0.391. The minimum atomic E-state index is -0.763. The molecule has 0 bridgehead atoms. The number of rotatable bonds is 6. The van der Waals surface area contributed by atoms with Gasteiger partial charge in [0.05, 0.1) is 19.1 Å². The Balaban J connectivity index is 1.60. The summed E-state index contributed by atoms with van der Waals surface area (Å²) in [6.07, 6.45) is -0.799. The van der Waals surface area contributed by atoms with Crippen molar-refractivity contribution in [3.63, 3.8) is 0 Å². The number of nitrogens with one attached hydrogen (secondary N) is 1. The number of benzene rings is 2. The lowest BCUT2D eigenvalue weighted by Crippen LogP contribution is -2.41. The number of esters is 1. The summed E-state index contributed by atoms with van der Waals surface area (Å²) in [5.74, 6) is -0.540. The summed E-state index contributed by atoms with van der Waals surface area (Å²) < 4.78 is 10.7. The number of carbonyl (C=O) groups is 2. The first-order chi connectivity index (χ1) is 13.8. The van der Waals surface area contributed by atoms with E-state index in [2.05, 4.69) is 17.4 Å². The lowest BCUT2D eigenvalue weighted by atomic mass is 9.98. The van der Waals surface area contributed by atoms with Crippen LogP contribution in [0.4, 0.5) is 4.79 Å². The quantitative estimate of drug-likeness (QED) is 0.728. The Morgan fingerprint density at radius 2 is 1.59 bits per heavy atom. The third kappa shape index (κ3) is 5.15. The molecular weight excluding hydrogens is 370 g/mol. The van der Waals surface area contributed by atoms with Crippen molar-refractivity contribution in [3.05, 3.63) is 59.7 Å². The van der Waals surface area contributed by atoms with Crippen LogP contribution >= 0.6 is 0 Å². The Kier molecular flexibility index (Phi) is 6.23. The average Bonchev–Trinajstić information content (AvgIpc) is 2.98. The van der Waals surface area contributed by atoms with Crippen LogP contribution < -0.4 is 5.32 Å². The third-order valence-corrected chi connectivity index (χ3v) is 4.72. The second kappa shape index (κ2) is 8.66. The Hall–Kier alpha value is -2.86. The largest absolute Gasteiger partial charge is 0.460 e. The molecule has 1 amide bonds. The van der Waals surface area contributed by atoms with E-state index in [1.54, 1.807) is 20.8 Å². The van der Waals surface area contributed by atoms with E-state index >= 15 is 0 Å². The predicted octanol–water partition coefficient (Wildman–Crippen LogP) is 3.62. The predicted molar refractivity (Wildman–Crippen MR) is 110 cm³/mol. The first kappa shape index (κ1) is 20.9. The zero-order valence-corrected chi connectivity index (χ0v) is 17.0. The van der Waals surface area contributed by atoms with E-state index in [-0.39, 0.29) is 25.6 Å². The molecule has 29 heavy (non-hydrogen) atoms. The Morgan fingerprint density at radius 1 is 1.03 bits per heavy atom. The molecule has 1 unspecified atom stereocenters. The molecule has 0 aliphatic heterocycles. The molecule has 2 N–H and O–H groups in total. The van der Waals surface area contributed by atoms with Crippen molar-refractivity contribution >= 4 is 12.1 Å². The normalized spacial score (nSPS) is 13.9. The van der Waals surface area contributed by atoms with Crippen LogP contribution in [0.5, 0.6) is 0 Å². The Morgan fingerprint density at radius 3 is 2.10 bits per heavy atom. The number of hydrogen-bond donors (Lipinski definition) is 2. The average molecular weight is 397 g/mol. The van der Waals surface area contributed by atoms with Crippen LogP contribution in [-0.2, 0) is 14.3 Å². The van der Waals surface area contributed by atoms with Gasteiger partial charge in [0.25, 0.3) is 0 Å². The zero-order chi connectivity index (χ0) is 21.0. The summed E-state index contributed by atoms with van der Waals surface area (Å²) in [6, 6.07) is 15.4. The van der Waals surface area contributed by atoms with Gasteiger partial charge in [-0.1, -0.05) is 48.5 Å². The monoisotopic (exact) mass is 397 g/mol. The molecule has 1 aliphatic rings. The van der Waals surface area contributed by atoms with E-state index in [0.29, 0.717) is 0 Å². The summed E-state index contributed by atoms with van der Waals surface area (Å²) in [6.45, 7) is 5.07. The minimum absolute atomic E-state index is 0.0495. The van der Waals surface area contributed by atoms with Crippen molar-refractivity contribution in [2.24, 2.45) is 0 Å². The van der Waals surface area contributed by atoms with Crippen LogP contribution in [0.3, 0.4) is 0 Å². The Labute approximate surface area is 170 Å². The Bertz CT molecular complexity index is 841. The maximum Gasteiger partial charge on any atom is 0.407 e. The van der Waals surface area contributed by atoms with E-state index in [0.717, 1.165) is 22.3 Å². The van der Waals surface area contributed by atoms with Gasteiger partial charge in [-0.2, -0.15) is 0 Å². The van der Waals surface area contributed by atoms with Crippen molar-refractivity contribution in [2.75, 3.05) is 13.2 Å². The molecule has 0 aromatic heterocycles. The van der Waals surface area contributed by atoms with Crippen molar-refractivity contribution < 1.29 is 24.2 Å². The molecule has 0 fully saturated rings. The van der Waals surface area contributed by atoms with Gasteiger partial charge in [-0.15, -0.1) is 0 Å². The molecule has 0 spiro atoms. The van der Waals surface area contributed by atoms with Gasteiger partial charge in [0, 0.05) is 5.92 Å². The minimum Gasteiger partial charge on any atom is -0.460 e. The second-order valence-corrected chi connectivity index (χ2v) is 8.14. The number of alkyl carbamates (subject to hydrolysis) is 1. The molecule has 0 saturated heterocycles. The highest BCUT2D eigenvalue weighted by molar-refractivity contribution is 5.79. The van der Waals surface area contributed by atoms with E-state index in [1.165, 1.54) is 0 Å². The molecule has 2 aromatic rings. The van der Waals surface area contributed by atoms with Gasteiger partial charge in [-0.05, 0) is 43.0 Å². The molecule has 6 nitrogen and oxygen atoms in total. The summed E-state index contributed by atoms with van der Waals surface area (Å²) in [5.41, 5.74) is 3.91. The van der Waals surface area contributed by atoms with Crippen LogP contribution in [0.1, 0.15) is 44.2 Å². The summed E-state index contributed by atoms with van der Waals surface area (Å²) >= 11 is 0. The van der Waals surface area contributed by atoms with E-state index in [9.17, 15) is 14.7 Å². The van der Waals surface area contributed by atoms with Crippen LogP contribution in [0, 0.1) is 0 Å². The molecule has 2 aromatic carbocycles. The number of ether oxygens (including phenoxy) is 2. The van der Waals surface area contributed by atoms with Crippen molar-refractivity contribution in [1.29, 1.82) is 0 Å². The fourth-order valence-corrected chi connectivity index (χ4v) is 3.55. The van der Waals surface area contributed by atoms with Gasteiger partial charge in [0.15, 0.2) is 0 Å². The first-order valence-corrected chi connectivity index (χ1v) is 9.72. The van der Waals surface area contributed by atoms with Gasteiger partial charge in [-0.25, -0.2) is 4.79 Å². The molecule has 1 atom stereocenters. The van der Waals surface area contributed by atoms with Gasteiger partial charge in [0.2, 0.25) is 0 Å². The van der Waals surface area contributed by atoms with Crippen LogP contribution in [0.15, 0.2) is 48.5 Å². The smallest absolute Gasteiger partial charge is 0.407 e. The van der Waals surface area contributed by atoms with E-state index < -0.39 is 23.7 Å². The van der Waals surface area contributed by atoms with Crippen LogP contribution in [-0.4, -0.2) is 42.0 Å². The number of carbonyl (C=O) groups excluding carboxylic acids is 2. The summed E-state index contributed by atoms with van der Waals surface area (Å²) in [5, 5.41) is 12.0. The number of amides is 1. The summed E-state index contributed by atoms with van der Waals surface area (Å²) in [4.78, 5) is 24.2. The molecule has 0 radical (unpaired) electrons. The number of hydrogen-bond acceptors (Lipinski definition) is 5. The second-order valence-electron chi connectivity index (χ2n) is 8.14. The zero-order valence-electron chi connectivity index (χ0n) is 17.0. The lowest BCUT2D eigenvalue weighted by molar-refractivity contribution is -0.155. The van der Waals surface area contributed by atoms with E-state index in [1.807, 2.05) is 36.4 Å². The third-order valence-electron chi connectivity index (χ3n) is 4.72. The van der Waals surface area contributed by atoms with Crippen LogP contribution in [0.25, 0.3) is 11.1 Å². The standard InChI is InChI=1S/C23H27NO5/c1-23(2,3)29-21(26)12-15(13-25)24-22(27)28-14-20-18-10-6-4-8-16(18)17-9-5-7-11-19(17)20/h4-11,15,20,25H,12-14H2,1-3H3,(H,24,27). The number of aliphatic hydroxyl groups excluding tert-OH is 1. The first-order valence-electron chi connectivity index (χ1n) is 9.72. The highest BCUT2D eigenvalue weighted by Gasteiger charge is 2.29. The van der Waals surface area contributed by atoms with Gasteiger partial charge in [-0.3, -0.25) is 4.79 Å². The van der Waals surface area contributed by atoms with Gasteiger partial charge < -0.3 is 19.9 Å². The van der Waals surface area contributed by atoms with Crippen LogP contribution in [0.2, 0.25) is 0 Å². The molecule has 154 valence electrons. The molecule has 0 saturated carbocycles. The summed E-state index contributed by atoms with van der Waals surface area (Å²) in [7, 11) is 0. The SMILES string of the molecule is CC(C)(C)OC(=O)CC(CO)NC(=O)OCC1c2ccccc2-c2ccccc21. The molecule has 0 heterocycles. The highest BCUT2D eigenvalue weighted by atomic mass is 16.6. The fourth-order valence-electron chi connectivity index (χ4n) is 3.55. The van der Waals surface area contributed by atoms with Crippen molar-refractivity contribution in [2.45, 2.75) is 44.8 Å². The van der Waals surface area contributed by atoms with Gasteiger partial charge in [0.1, 0.15) is 12.2 Å². The molecule has 3 rings (SSSR count). The number of aliphatic hydroxyl groups is 1. The molecule has 6 heteroatoms. The topological polar surface area (TPSA) is 84.9 Å². The number of fused-ring (bicyclic) bond motifs is 3. The lowest BCUT2D eigenvalue weighted by Gasteiger charge is -2.22. The highest BCUT2D eigenvalue weighted by Crippen LogP contribution is 2.44. The molecular formula is C23H27NO5. The van der Waals surface area contributed by atoms with Gasteiger partial charge >= 0.3 is 12.1 Å². The van der Waals surface area contributed by atoms with E-state index in [4.69, 9.17) is 9.47 Å².